The van der Waals surface area contributed by atoms with E-state index < -0.39 is 11.8 Å². The van der Waals surface area contributed by atoms with Crippen LogP contribution in [-0.2, 0) is 14.4 Å². The van der Waals surface area contributed by atoms with Gasteiger partial charge in [0, 0.05) is 18.8 Å². The van der Waals surface area contributed by atoms with Gasteiger partial charge in [-0.15, -0.1) is 0 Å². The molecule has 2 aromatic rings. The second-order valence-corrected chi connectivity index (χ2v) is 9.68. The van der Waals surface area contributed by atoms with Crippen LogP contribution in [0.3, 0.4) is 0 Å². The molecule has 2 N–H and O–H groups in total. The summed E-state index contributed by atoms with van der Waals surface area (Å²) >= 11 is 2.09. The number of rotatable bonds is 12. The molecule has 3 rings (SSSR count). The predicted octanol–water partition coefficient (Wildman–Crippen LogP) is 3.96. The number of hydrazone groups is 1. The van der Waals surface area contributed by atoms with E-state index in [2.05, 4.69) is 45.4 Å². The molecule has 11 heteroatoms. The Bertz CT molecular complexity index is 1130. The summed E-state index contributed by atoms with van der Waals surface area (Å²) in [6.45, 7) is 6.41. The molecule has 3 amide bonds. The summed E-state index contributed by atoms with van der Waals surface area (Å²) in [6.07, 6.45) is 5.43. The fraction of sp³-hybridized carbons (Fsp3) is 0.407. The summed E-state index contributed by atoms with van der Waals surface area (Å²) in [5, 5.41) is 6.41. The highest BCUT2D eigenvalue weighted by Crippen LogP contribution is 2.34. The molecule has 0 aliphatic carbocycles. The topological polar surface area (TPSA) is 119 Å². The van der Waals surface area contributed by atoms with Crippen LogP contribution in [0, 0.1) is 3.57 Å². The largest absolute Gasteiger partial charge is 0.494 e. The van der Waals surface area contributed by atoms with Gasteiger partial charge in [0.1, 0.15) is 5.75 Å². The molecular formula is C27H33IN4O6. The van der Waals surface area contributed by atoms with Crippen LogP contribution >= 0.6 is 22.6 Å². The molecule has 204 valence electrons. The van der Waals surface area contributed by atoms with Gasteiger partial charge in [0.2, 0.25) is 0 Å². The first-order valence-electron chi connectivity index (χ1n) is 12.7. The maximum Gasteiger partial charge on any atom is 0.329 e. The van der Waals surface area contributed by atoms with Gasteiger partial charge >= 0.3 is 11.8 Å². The predicted molar refractivity (Wildman–Crippen MR) is 153 cm³/mol. The van der Waals surface area contributed by atoms with E-state index in [1.165, 1.54) is 6.21 Å². The lowest BCUT2D eigenvalue weighted by Crippen LogP contribution is -2.32. The van der Waals surface area contributed by atoms with E-state index in [1.54, 1.807) is 41.3 Å². The molecule has 10 nitrogen and oxygen atoms in total. The summed E-state index contributed by atoms with van der Waals surface area (Å²) in [5.41, 5.74) is 3.31. The Labute approximate surface area is 236 Å². The molecule has 1 saturated heterocycles. The molecule has 0 spiro atoms. The number of carbonyl (C=O) groups excluding carboxylic acids is 3. The number of benzene rings is 2. The van der Waals surface area contributed by atoms with Crippen molar-refractivity contribution in [3.8, 4) is 17.2 Å². The highest BCUT2D eigenvalue weighted by Gasteiger charge is 2.20. The molecule has 0 bridgehead atoms. The van der Waals surface area contributed by atoms with E-state index in [-0.39, 0.29) is 12.5 Å². The van der Waals surface area contributed by atoms with Crippen molar-refractivity contribution < 1.29 is 28.6 Å². The van der Waals surface area contributed by atoms with Crippen LogP contribution in [0.4, 0.5) is 5.69 Å². The lowest BCUT2D eigenvalue weighted by molar-refractivity contribution is -0.136. The van der Waals surface area contributed by atoms with Gasteiger partial charge in [0.15, 0.2) is 18.1 Å². The highest BCUT2D eigenvalue weighted by molar-refractivity contribution is 14.1. The molecule has 0 radical (unpaired) electrons. The molecule has 1 heterocycles. The number of nitrogens with one attached hydrogen (secondary N) is 2. The average Bonchev–Trinajstić information content (AvgIpc) is 3.45. The monoisotopic (exact) mass is 636 g/mol. The van der Waals surface area contributed by atoms with Crippen LogP contribution in [0.25, 0.3) is 0 Å². The van der Waals surface area contributed by atoms with Gasteiger partial charge < -0.3 is 24.4 Å². The molecule has 1 aliphatic rings. The van der Waals surface area contributed by atoms with Crippen molar-refractivity contribution in [2.75, 3.05) is 38.2 Å². The number of hydrogen-bond donors (Lipinski definition) is 2. The van der Waals surface area contributed by atoms with Gasteiger partial charge in [0.25, 0.3) is 5.91 Å². The molecule has 2 aromatic carbocycles. The SMILES string of the molecule is CCCCOc1ccc(NC(=O)C(=O)N/N=C\c2cc(I)c(OCC(=O)N3CCCC3)c(OCC)c2)cc1. The third kappa shape index (κ3) is 8.89. The summed E-state index contributed by atoms with van der Waals surface area (Å²) in [5.74, 6) is -0.184. The van der Waals surface area contributed by atoms with E-state index in [1.807, 2.05) is 6.92 Å². The zero-order valence-corrected chi connectivity index (χ0v) is 23.8. The maximum absolute atomic E-state index is 12.4. The minimum absolute atomic E-state index is 0.0522. The van der Waals surface area contributed by atoms with Crippen molar-refractivity contribution in [2.24, 2.45) is 5.10 Å². The number of anilines is 1. The second kappa shape index (κ2) is 15.2. The van der Waals surface area contributed by atoms with Crippen molar-refractivity contribution in [3.05, 3.63) is 45.5 Å². The first kappa shape index (κ1) is 29.2. The Balaban J connectivity index is 1.54. The van der Waals surface area contributed by atoms with E-state index in [4.69, 9.17) is 14.2 Å². The molecule has 0 saturated carbocycles. The zero-order valence-electron chi connectivity index (χ0n) is 21.6. The number of likely N-dealkylation sites (tertiary alicyclic amines) is 1. The number of hydrogen-bond acceptors (Lipinski definition) is 7. The summed E-state index contributed by atoms with van der Waals surface area (Å²) in [4.78, 5) is 38.6. The number of ether oxygens (including phenoxy) is 3. The van der Waals surface area contributed by atoms with Crippen molar-refractivity contribution in [1.29, 1.82) is 0 Å². The quantitative estimate of drug-likeness (QED) is 0.120. The second-order valence-electron chi connectivity index (χ2n) is 8.52. The van der Waals surface area contributed by atoms with Crippen LogP contribution in [0.5, 0.6) is 17.2 Å². The Morgan fingerprint density at radius 1 is 1.03 bits per heavy atom. The van der Waals surface area contributed by atoms with E-state index in [9.17, 15) is 14.4 Å². The normalized spacial score (nSPS) is 12.9. The van der Waals surface area contributed by atoms with E-state index in [0.717, 1.165) is 42.3 Å². The Hall–Kier alpha value is -3.35. The van der Waals surface area contributed by atoms with Gasteiger partial charge in [-0.3, -0.25) is 14.4 Å². The molecule has 0 aromatic heterocycles. The third-order valence-electron chi connectivity index (χ3n) is 5.60. The fourth-order valence-corrected chi connectivity index (χ4v) is 4.41. The Kier molecular flexibility index (Phi) is 11.7. The maximum atomic E-state index is 12.4. The van der Waals surface area contributed by atoms with E-state index >= 15 is 0 Å². The number of nitrogens with zero attached hydrogens (tertiary/aromatic N) is 2. The smallest absolute Gasteiger partial charge is 0.329 e. The average molecular weight is 636 g/mol. The van der Waals surface area contributed by atoms with Crippen molar-refractivity contribution >= 4 is 52.2 Å². The van der Waals surface area contributed by atoms with Crippen molar-refractivity contribution in [2.45, 2.75) is 39.5 Å². The third-order valence-corrected chi connectivity index (χ3v) is 6.40. The Morgan fingerprint density at radius 2 is 1.76 bits per heavy atom. The minimum Gasteiger partial charge on any atom is -0.494 e. The summed E-state index contributed by atoms with van der Waals surface area (Å²) in [6, 6.07) is 10.3. The van der Waals surface area contributed by atoms with Gasteiger partial charge in [-0.05, 0) is 90.7 Å². The van der Waals surface area contributed by atoms with Crippen LogP contribution in [-0.4, -0.2) is 61.7 Å². The summed E-state index contributed by atoms with van der Waals surface area (Å²) in [7, 11) is 0. The first-order valence-corrected chi connectivity index (χ1v) is 13.7. The molecule has 0 unspecified atom stereocenters. The van der Waals surface area contributed by atoms with Crippen molar-refractivity contribution in [3.63, 3.8) is 0 Å². The van der Waals surface area contributed by atoms with Crippen LogP contribution in [0.1, 0.15) is 45.1 Å². The first-order chi connectivity index (χ1) is 18.4. The highest BCUT2D eigenvalue weighted by atomic mass is 127. The zero-order chi connectivity index (χ0) is 27.3. The van der Waals surface area contributed by atoms with Crippen LogP contribution in [0.2, 0.25) is 0 Å². The number of amides is 3. The van der Waals surface area contributed by atoms with Gasteiger partial charge in [-0.2, -0.15) is 5.10 Å². The minimum atomic E-state index is -0.912. The van der Waals surface area contributed by atoms with Crippen molar-refractivity contribution in [1.82, 2.24) is 10.3 Å². The van der Waals surface area contributed by atoms with Gasteiger partial charge in [0.05, 0.1) is 23.0 Å². The van der Waals surface area contributed by atoms with Gasteiger partial charge in [-0.25, -0.2) is 5.43 Å². The molecular weight excluding hydrogens is 603 g/mol. The molecule has 38 heavy (non-hydrogen) atoms. The molecule has 1 fully saturated rings. The standard InChI is InChI=1S/C27H33IN4O6/c1-3-5-14-37-21-10-8-20(9-11-21)30-26(34)27(35)31-29-17-19-15-22(28)25(23(16-19)36-4-2)38-18-24(33)32-12-6-7-13-32/h8-11,15-17H,3-7,12-14,18H2,1-2H3,(H,30,34)(H,31,35)/b29-17-. The molecule has 1 aliphatic heterocycles. The van der Waals surface area contributed by atoms with E-state index in [0.29, 0.717) is 41.7 Å². The number of unbranched alkanes of at least 4 members (excludes halogenated alkanes) is 1. The number of halogens is 1. The lowest BCUT2D eigenvalue weighted by Gasteiger charge is -2.18. The lowest BCUT2D eigenvalue weighted by atomic mass is 10.2. The van der Waals surface area contributed by atoms with Gasteiger partial charge in [-0.1, -0.05) is 13.3 Å². The fourth-order valence-electron chi connectivity index (χ4n) is 3.63. The number of carbonyl (C=O) groups is 3. The van der Waals surface area contributed by atoms with Crippen LogP contribution in [0.15, 0.2) is 41.5 Å². The molecule has 0 atom stereocenters. The van der Waals surface area contributed by atoms with Crippen LogP contribution < -0.4 is 25.0 Å². The summed E-state index contributed by atoms with van der Waals surface area (Å²) < 4.78 is 17.8. The Morgan fingerprint density at radius 3 is 2.45 bits per heavy atom.